The summed E-state index contributed by atoms with van der Waals surface area (Å²) in [4.78, 5) is 27.5. The monoisotopic (exact) mass is 322 g/mol. The maximum Gasteiger partial charge on any atom is 0.319 e. The van der Waals surface area contributed by atoms with Crippen LogP contribution in [0.2, 0.25) is 0 Å². The highest BCUT2D eigenvalue weighted by Gasteiger charge is 2.23. The molecule has 0 bridgehead atoms. The van der Waals surface area contributed by atoms with Crippen molar-refractivity contribution in [3.05, 3.63) is 60.4 Å². The summed E-state index contributed by atoms with van der Waals surface area (Å²) in [5.74, 6) is -0.231. The molecule has 1 saturated carbocycles. The van der Waals surface area contributed by atoms with E-state index in [-0.39, 0.29) is 11.9 Å². The van der Waals surface area contributed by atoms with Crippen LogP contribution < -0.4 is 16.0 Å². The molecule has 3 rings (SSSR count). The highest BCUT2D eigenvalue weighted by atomic mass is 16.2. The molecule has 1 aromatic heterocycles. The maximum atomic E-state index is 11.9. The molecule has 0 atom stereocenters. The van der Waals surface area contributed by atoms with E-state index in [1.807, 2.05) is 12.1 Å². The lowest BCUT2D eigenvalue weighted by atomic mass is 10.2. The van der Waals surface area contributed by atoms with Crippen molar-refractivity contribution in [2.45, 2.75) is 18.9 Å². The Morgan fingerprint density at radius 1 is 1.04 bits per heavy atom. The van der Waals surface area contributed by atoms with Crippen molar-refractivity contribution in [3.63, 3.8) is 0 Å². The molecule has 0 radical (unpaired) electrons. The minimum atomic E-state index is -0.231. The van der Waals surface area contributed by atoms with Crippen molar-refractivity contribution >= 4 is 29.4 Å². The summed E-state index contributed by atoms with van der Waals surface area (Å²) in [6.45, 7) is 0. The third kappa shape index (κ3) is 4.95. The molecular formula is C18H18N4O2. The summed E-state index contributed by atoms with van der Waals surface area (Å²) in [7, 11) is 0. The highest BCUT2D eigenvalue weighted by Crippen LogP contribution is 2.19. The smallest absolute Gasteiger partial charge is 0.319 e. The molecule has 122 valence electrons. The Morgan fingerprint density at radius 3 is 2.38 bits per heavy atom. The van der Waals surface area contributed by atoms with E-state index in [1.165, 1.54) is 6.08 Å². The van der Waals surface area contributed by atoms with Crippen molar-refractivity contribution in [2.75, 3.05) is 10.6 Å². The lowest BCUT2D eigenvalue weighted by Crippen LogP contribution is -2.30. The molecule has 6 heteroatoms. The van der Waals surface area contributed by atoms with Crippen LogP contribution in [-0.2, 0) is 4.79 Å². The van der Waals surface area contributed by atoms with Crippen LogP contribution in [0.4, 0.5) is 16.2 Å². The van der Waals surface area contributed by atoms with Crippen molar-refractivity contribution in [3.8, 4) is 0 Å². The molecule has 2 aromatic rings. The SMILES string of the molecule is O=C(/C=C/c1cccnc1)Nc1ccc(NC(=O)NC2CC2)cc1. The number of carbonyl (C=O) groups is 2. The fourth-order valence-corrected chi connectivity index (χ4v) is 2.05. The molecule has 1 aromatic carbocycles. The number of aromatic nitrogens is 1. The Balaban J connectivity index is 1.50. The average molecular weight is 322 g/mol. The van der Waals surface area contributed by atoms with Crippen LogP contribution in [0, 0.1) is 0 Å². The van der Waals surface area contributed by atoms with Gasteiger partial charge in [0.05, 0.1) is 0 Å². The Hall–Kier alpha value is -3.15. The molecule has 0 aliphatic heterocycles. The normalized spacial score (nSPS) is 13.5. The summed E-state index contributed by atoms with van der Waals surface area (Å²) in [5.41, 5.74) is 2.19. The van der Waals surface area contributed by atoms with Gasteiger partial charge in [-0.05, 0) is 54.8 Å². The van der Waals surface area contributed by atoms with E-state index < -0.39 is 0 Å². The first kappa shape index (κ1) is 15.7. The molecular weight excluding hydrogens is 304 g/mol. The van der Waals surface area contributed by atoms with Crippen molar-refractivity contribution in [1.82, 2.24) is 10.3 Å². The predicted molar refractivity (Wildman–Crippen MR) is 93.5 cm³/mol. The molecule has 1 fully saturated rings. The molecule has 1 aliphatic rings. The summed E-state index contributed by atoms with van der Waals surface area (Å²) in [5, 5.41) is 8.36. The Morgan fingerprint density at radius 2 is 1.75 bits per heavy atom. The Bertz CT molecular complexity index is 737. The van der Waals surface area contributed by atoms with E-state index >= 15 is 0 Å². The number of nitrogens with one attached hydrogen (secondary N) is 3. The quantitative estimate of drug-likeness (QED) is 0.740. The van der Waals surface area contributed by atoms with Gasteiger partial charge in [0.25, 0.3) is 0 Å². The Kier molecular flexibility index (Phi) is 4.86. The number of amides is 3. The number of rotatable bonds is 5. The third-order valence-corrected chi connectivity index (χ3v) is 3.43. The number of carbonyl (C=O) groups excluding carboxylic acids is 2. The molecule has 24 heavy (non-hydrogen) atoms. The van der Waals surface area contributed by atoms with Crippen LogP contribution in [0.15, 0.2) is 54.9 Å². The maximum absolute atomic E-state index is 11.9. The number of hydrogen-bond donors (Lipinski definition) is 3. The first-order chi connectivity index (χ1) is 11.7. The van der Waals surface area contributed by atoms with Crippen LogP contribution in [-0.4, -0.2) is 23.0 Å². The second-order valence-corrected chi connectivity index (χ2v) is 5.56. The van der Waals surface area contributed by atoms with Gasteiger partial charge in [-0.1, -0.05) is 6.07 Å². The van der Waals surface area contributed by atoms with Gasteiger partial charge < -0.3 is 16.0 Å². The van der Waals surface area contributed by atoms with Crippen LogP contribution in [0.25, 0.3) is 6.08 Å². The lowest BCUT2D eigenvalue weighted by Gasteiger charge is -2.07. The van der Waals surface area contributed by atoms with E-state index in [2.05, 4.69) is 20.9 Å². The second kappa shape index (κ2) is 7.41. The molecule has 1 aliphatic carbocycles. The first-order valence-electron chi connectivity index (χ1n) is 7.76. The van der Waals surface area contributed by atoms with Gasteiger partial charge >= 0.3 is 6.03 Å². The summed E-state index contributed by atoms with van der Waals surface area (Å²) < 4.78 is 0. The number of benzene rings is 1. The topological polar surface area (TPSA) is 83.1 Å². The molecule has 0 unspecified atom stereocenters. The van der Waals surface area contributed by atoms with E-state index in [9.17, 15) is 9.59 Å². The van der Waals surface area contributed by atoms with Crippen molar-refractivity contribution in [2.24, 2.45) is 0 Å². The average Bonchev–Trinajstić information content (AvgIpc) is 3.39. The van der Waals surface area contributed by atoms with Crippen molar-refractivity contribution in [1.29, 1.82) is 0 Å². The lowest BCUT2D eigenvalue weighted by molar-refractivity contribution is -0.111. The summed E-state index contributed by atoms with van der Waals surface area (Å²) in [6, 6.07) is 10.8. The zero-order valence-corrected chi connectivity index (χ0v) is 13.0. The van der Waals surface area contributed by atoms with Gasteiger partial charge in [0, 0.05) is 35.9 Å². The van der Waals surface area contributed by atoms with Crippen LogP contribution in [0.5, 0.6) is 0 Å². The molecule has 3 amide bonds. The predicted octanol–water partition coefficient (Wildman–Crippen LogP) is 3.02. The molecule has 6 nitrogen and oxygen atoms in total. The first-order valence-corrected chi connectivity index (χ1v) is 7.76. The van der Waals surface area contributed by atoms with Crippen LogP contribution in [0.3, 0.4) is 0 Å². The molecule has 0 spiro atoms. The zero-order valence-electron chi connectivity index (χ0n) is 13.0. The minimum Gasteiger partial charge on any atom is -0.335 e. The van der Waals surface area contributed by atoms with E-state index in [0.717, 1.165) is 18.4 Å². The number of urea groups is 1. The molecule has 3 N–H and O–H groups in total. The zero-order chi connectivity index (χ0) is 16.8. The van der Waals surface area contributed by atoms with Crippen LogP contribution >= 0.6 is 0 Å². The number of hydrogen-bond acceptors (Lipinski definition) is 3. The molecule has 0 saturated heterocycles. The Labute approximate surface area is 140 Å². The fourth-order valence-electron chi connectivity index (χ4n) is 2.05. The summed E-state index contributed by atoms with van der Waals surface area (Å²) >= 11 is 0. The van der Waals surface area contributed by atoms with Crippen LogP contribution in [0.1, 0.15) is 18.4 Å². The van der Waals surface area contributed by atoms with E-state index in [1.54, 1.807) is 42.7 Å². The molecule has 1 heterocycles. The summed E-state index contributed by atoms with van der Waals surface area (Å²) in [6.07, 6.45) is 8.59. The highest BCUT2D eigenvalue weighted by molar-refractivity contribution is 6.02. The minimum absolute atomic E-state index is 0.200. The number of pyridine rings is 1. The standard InChI is InChI=1S/C18H18N4O2/c23-17(10-3-13-2-1-11-19-12-13)20-14-4-6-15(7-5-14)21-18(24)22-16-8-9-16/h1-7,10-12,16H,8-9H2,(H,20,23)(H2,21,22,24)/b10-3+. The third-order valence-electron chi connectivity index (χ3n) is 3.43. The second-order valence-electron chi connectivity index (χ2n) is 5.56. The van der Waals surface area contributed by atoms with Gasteiger partial charge in [0.15, 0.2) is 0 Å². The van der Waals surface area contributed by atoms with E-state index in [0.29, 0.717) is 17.4 Å². The number of nitrogens with zero attached hydrogens (tertiary/aromatic N) is 1. The van der Waals surface area contributed by atoms with Crippen molar-refractivity contribution < 1.29 is 9.59 Å². The fraction of sp³-hybridized carbons (Fsp3) is 0.167. The van der Waals surface area contributed by atoms with Gasteiger partial charge in [-0.3, -0.25) is 9.78 Å². The number of anilines is 2. The van der Waals surface area contributed by atoms with Gasteiger partial charge in [0.2, 0.25) is 5.91 Å². The van der Waals surface area contributed by atoms with Gasteiger partial charge in [0.1, 0.15) is 0 Å². The van der Waals surface area contributed by atoms with E-state index in [4.69, 9.17) is 0 Å². The van der Waals surface area contributed by atoms with Gasteiger partial charge in [-0.25, -0.2) is 4.79 Å². The van der Waals surface area contributed by atoms with Gasteiger partial charge in [-0.2, -0.15) is 0 Å². The van der Waals surface area contributed by atoms with Gasteiger partial charge in [-0.15, -0.1) is 0 Å². The largest absolute Gasteiger partial charge is 0.335 e.